The van der Waals surface area contributed by atoms with Crippen LogP contribution in [0.2, 0.25) is 0 Å². The fraction of sp³-hybridized carbons (Fsp3) is 0.211. The lowest BCUT2D eigenvalue weighted by Crippen LogP contribution is -1.93. The number of hydrogen-bond donors (Lipinski definition) is 0. The van der Waals surface area contributed by atoms with Crippen molar-refractivity contribution in [2.24, 2.45) is 7.05 Å². The molecule has 1 fully saturated rings. The number of rotatable bonds is 3. The molecule has 0 aliphatic heterocycles. The largest absolute Gasteiger partial charge is 0.333 e. The quantitative estimate of drug-likeness (QED) is 0.737. The molecule has 4 nitrogen and oxygen atoms in total. The van der Waals surface area contributed by atoms with E-state index in [0.29, 0.717) is 5.56 Å². The van der Waals surface area contributed by atoms with Gasteiger partial charge in [0.05, 0.1) is 29.3 Å². The summed E-state index contributed by atoms with van der Waals surface area (Å²) in [5.74, 6) is 0.754. The lowest BCUT2D eigenvalue weighted by atomic mass is 10.0. The van der Waals surface area contributed by atoms with Gasteiger partial charge in [0.1, 0.15) is 5.69 Å². The number of aryl methyl sites for hydroxylation is 1. The van der Waals surface area contributed by atoms with Gasteiger partial charge in [0, 0.05) is 18.8 Å². The van der Waals surface area contributed by atoms with Crippen molar-refractivity contribution in [1.82, 2.24) is 14.5 Å². The maximum atomic E-state index is 9.09. The molecule has 0 N–H and O–H groups in total. The Kier molecular flexibility index (Phi) is 3.20. The average molecular weight is 300 g/mol. The zero-order chi connectivity index (χ0) is 15.8. The molecule has 0 amide bonds. The SMILES string of the molecule is Cn1cnc(-c2cc(C#N)ccn2)c1-c1ccc(C2CC2)cc1. The first kappa shape index (κ1) is 13.7. The molecule has 0 spiro atoms. The molecule has 0 atom stereocenters. The summed E-state index contributed by atoms with van der Waals surface area (Å²) in [4.78, 5) is 8.88. The normalized spacial score (nSPS) is 13.7. The Labute approximate surface area is 135 Å². The molecule has 4 heteroatoms. The van der Waals surface area contributed by atoms with Crippen LogP contribution in [0.4, 0.5) is 0 Å². The minimum Gasteiger partial charge on any atom is -0.333 e. The number of imidazole rings is 1. The van der Waals surface area contributed by atoms with Crippen LogP contribution in [0.3, 0.4) is 0 Å². The summed E-state index contributed by atoms with van der Waals surface area (Å²) in [7, 11) is 1.98. The van der Waals surface area contributed by atoms with E-state index in [1.54, 1.807) is 24.7 Å². The van der Waals surface area contributed by atoms with Gasteiger partial charge in [-0.3, -0.25) is 4.98 Å². The topological polar surface area (TPSA) is 54.5 Å². The summed E-state index contributed by atoms with van der Waals surface area (Å²) >= 11 is 0. The number of hydrogen-bond acceptors (Lipinski definition) is 3. The van der Waals surface area contributed by atoms with Gasteiger partial charge in [0.2, 0.25) is 0 Å². The molecule has 1 aliphatic carbocycles. The molecule has 112 valence electrons. The zero-order valence-corrected chi connectivity index (χ0v) is 12.9. The van der Waals surface area contributed by atoms with Crippen molar-refractivity contribution in [3.05, 3.63) is 60.0 Å². The van der Waals surface area contributed by atoms with Crippen LogP contribution in [0, 0.1) is 11.3 Å². The Morgan fingerprint density at radius 1 is 1.13 bits per heavy atom. The first-order valence-corrected chi connectivity index (χ1v) is 7.74. The second-order valence-corrected chi connectivity index (χ2v) is 5.99. The number of benzene rings is 1. The maximum absolute atomic E-state index is 9.09. The van der Waals surface area contributed by atoms with Crippen LogP contribution in [0.5, 0.6) is 0 Å². The zero-order valence-electron chi connectivity index (χ0n) is 12.9. The van der Waals surface area contributed by atoms with Gasteiger partial charge in [0.25, 0.3) is 0 Å². The van der Waals surface area contributed by atoms with E-state index >= 15 is 0 Å². The van der Waals surface area contributed by atoms with E-state index in [2.05, 4.69) is 40.3 Å². The molecule has 2 heterocycles. The highest BCUT2D eigenvalue weighted by Gasteiger charge is 2.23. The fourth-order valence-corrected chi connectivity index (χ4v) is 2.92. The predicted molar refractivity (Wildman–Crippen MR) is 88.6 cm³/mol. The standard InChI is InChI=1S/C19H16N4/c1-23-12-22-18(17-10-13(11-20)8-9-21-17)19(23)16-6-4-15(5-7-16)14-2-3-14/h4-10,12,14H,2-3H2,1H3. The Balaban J connectivity index is 1.79. The molecule has 3 aromatic rings. The molecule has 0 radical (unpaired) electrons. The van der Waals surface area contributed by atoms with Crippen LogP contribution < -0.4 is 0 Å². The van der Waals surface area contributed by atoms with Crippen molar-refractivity contribution < 1.29 is 0 Å². The summed E-state index contributed by atoms with van der Waals surface area (Å²) in [6, 6.07) is 14.4. The highest BCUT2D eigenvalue weighted by molar-refractivity contribution is 5.77. The van der Waals surface area contributed by atoms with Crippen molar-refractivity contribution in [3.8, 4) is 28.7 Å². The molecule has 2 aromatic heterocycles. The van der Waals surface area contributed by atoms with Crippen molar-refractivity contribution in [1.29, 1.82) is 5.26 Å². The highest BCUT2D eigenvalue weighted by Crippen LogP contribution is 2.40. The Morgan fingerprint density at radius 2 is 1.91 bits per heavy atom. The molecule has 0 unspecified atom stereocenters. The molecular formula is C19H16N4. The molecule has 0 bridgehead atoms. The second kappa shape index (κ2) is 5.36. The van der Waals surface area contributed by atoms with Gasteiger partial charge >= 0.3 is 0 Å². The average Bonchev–Trinajstić information content (AvgIpc) is 3.37. The first-order valence-electron chi connectivity index (χ1n) is 7.74. The van der Waals surface area contributed by atoms with E-state index in [9.17, 15) is 0 Å². The lowest BCUT2D eigenvalue weighted by Gasteiger charge is -2.08. The number of pyridine rings is 1. The Morgan fingerprint density at radius 3 is 2.61 bits per heavy atom. The van der Waals surface area contributed by atoms with Crippen molar-refractivity contribution >= 4 is 0 Å². The predicted octanol–water partition coefficient (Wildman–Crippen LogP) is 3.90. The molecule has 4 rings (SSSR count). The van der Waals surface area contributed by atoms with E-state index in [1.165, 1.54) is 18.4 Å². The van der Waals surface area contributed by atoms with E-state index in [4.69, 9.17) is 5.26 Å². The van der Waals surface area contributed by atoms with Crippen LogP contribution >= 0.6 is 0 Å². The van der Waals surface area contributed by atoms with Gasteiger partial charge in [0.15, 0.2) is 0 Å². The Bertz CT molecular complexity index is 896. The molecular weight excluding hydrogens is 284 g/mol. The minimum absolute atomic E-state index is 0.593. The van der Waals surface area contributed by atoms with E-state index in [-0.39, 0.29) is 0 Å². The maximum Gasteiger partial charge on any atom is 0.115 e. The molecule has 0 saturated heterocycles. The number of aromatic nitrogens is 3. The van der Waals surface area contributed by atoms with Crippen LogP contribution in [0.1, 0.15) is 29.9 Å². The van der Waals surface area contributed by atoms with Crippen molar-refractivity contribution in [2.45, 2.75) is 18.8 Å². The van der Waals surface area contributed by atoms with E-state index in [0.717, 1.165) is 28.6 Å². The highest BCUT2D eigenvalue weighted by atomic mass is 15.0. The third kappa shape index (κ3) is 2.51. The Hall–Kier alpha value is -2.93. The van der Waals surface area contributed by atoms with Gasteiger partial charge in [-0.15, -0.1) is 0 Å². The van der Waals surface area contributed by atoms with E-state index in [1.807, 2.05) is 11.6 Å². The first-order chi connectivity index (χ1) is 11.3. The summed E-state index contributed by atoms with van der Waals surface area (Å²) < 4.78 is 2.00. The second-order valence-electron chi connectivity index (χ2n) is 5.99. The van der Waals surface area contributed by atoms with Gasteiger partial charge in [-0.25, -0.2) is 4.98 Å². The third-order valence-corrected chi connectivity index (χ3v) is 4.30. The van der Waals surface area contributed by atoms with Crippen LogP contribution in [0.15, 0.2) is 48.9 Å². The third-order valence-electron chi connectivity index (χ3n) is 4.30. The summed E-state index contributed by atoms with van der Waals surface area (Å²) in [5, 5.41) is 9.09. The molecule has 1 saturated carbocycles. The summed E-state index contributed by atoms with van der Waals surface area (Å²) in [6.45, 7) is 0. The van der Waals surface area contributed by atoms with Crippen LogP contribution in [-0.4, -0.2) is 14.5 Å². The van der Waals surface area contributed by atoms with Crippen LogP contribution in [-0.2, 0) is 7.05 Å². The molecule has 1 aromatic carbocycles. The van der Waals surface area contributed by atoms with Crippen molar-refractivity contribution in [2.75, 3.05) is 0 Å². The van der Waals surface area contributed by atoms with Gasteiger partial charge in [-0.2, -0.15) is 5.26 Å². The fourth-order valence-electron chi connectivity index (χ4n) is 2.92. The number of nitriles is 1. The minimum atomic E-state index is 0.593. The van der Waals surface area contributed by atoms with Crippen molar-refractivity contribution in [3.63, 3.8) is 0 Å². The van der Waals surface area contributed by atoms with Gasteiger partial charge in [-0.05, 0) is 36.5 Å². The molecule has 1 aliphatic rings. The number of nitrogens with zero attached hydrogens (tertiary/aromatic N) is 4. The smallest absolute Gasteiger partial charge is 0.115 e. The van der Waals surface area contributed by atoms with Gasteiger partial charge in [-0.1, -0.05) is 24.3 Å². The van der Waals surface area contributed by atoms with Gasteiger partial charge < -0.3 is 4.57 Å². The summed E-state index contributed by atoms with van der Waals surface area (Å²) in [5.41, 5.74) is 5.69. The van der Waals surface area contributed by atoms with E-state index < -0.39 is 0 Å². The monoisotopic (exact) mass is 300 g/mol. The lowest BCUT2D eigenvalue weighted by molar-refractivity contribution is 0.921. The van der Waals surface area contributed by atoms with Crippen LogP contribution in [0.25, 0.3) is 22.6 Å². The summed E-state index contributed by atoms with van der Waals surface area (Å²) in [6.07, 6.45) is 6.06. The molecule has 23 heavy (non-hydrogen) atoms.